The van der Waals surface area contributed by atoms with Crippen molar-refractivity contribution in [2.24, 2.45) is 0 Å². The first-order valence-electron chi connectivity index (χ1n) is 8.46. The van der Waals surface area contributed by atoms with Gasteiger partial charge in [0.15, 0.2) is 0 Å². The molecule has 1 aromatic heterocycles. The summed E-state index contributed by atoms with van der Waals surface area (Å²) < 4.78 is 10.8. The van der Waals surface area contributed by atoms with Gasteiger partial charge in [-0.1, -0.05) is 36.4 Å². The van der Waals surface area contributed by atoms with Crippen LogP contribution in [-0.2, 0) is 4.79 Å². The lowest BCUT2D eigenvalue weighted by atomic mass is 10.0. The summed E-state index contributed by atoms with van der Waals surface area (Å²) in [5, 5.41) is 6.25. The third-order valence-electron chi connectivity index (χ3n) is 4.11. The number of hydrogen-bond acceptors (Lipinski definition) is 4. The third-order valence-corrected chi connectivity index (χ3v) is 4.11. The minimum absolute atomic E-state index is 0.134. The Labute approximate surface area is 153 Å². The Morgan fingerprint density at radius 3 is 2.54 bits per heavy atom. The normalized spacial score (nSPS) is 13.0. The quantitative estimate of drug-likeness (QED) is 0.676. The fourth-order valence-electron chi connectivity index (χ4n) is 2.72. The summed E-state index contributed by atoms with van der Waals surface area (Å²) in [7, 11) is 1.60. The lowest BCUT2D eigenvalue weighted by molar-refractivity contribution is -0.117. The van der Waals surface area contributed by atoms with Crippen molar-refractivity contribution in [3.8, 4) is 5.75 Å². The van der Waals surface area contributed by atoms with E-state index in [0.717, 1.165) is 11.3 Å². The number of hydrogen-bond donors (Lipinski definition) is 2. The van der Waals surface area contributed by atoms with Gasteiger partial charge < -0.3 is 14.5 Å². The average molecular weight is 350 g/mol. The molecule has 26 heavy (non-hydrogen) atoms. The predicted molar refractivity (Wildman–Crippen MR) is 101 cm³/mol. The molecule has 1 heterocycles. The molecular weight excluding hydrogens is 328 g/mol. The van der Waals surface area contributed by atoms with E-state index in [1.807, 2.05) is 67.6 Å². The number of furan rings is 1. The number of benzene rings is 2. The third kappa shape index (κ3) is 4.32. The number of anilines is 1. The second-order valence-electron chi connectivity index (χ2n) is 5.97. The zero-order chi connectivity index (χ0) is 18.4. The van der Waals surface area contributed by atoms with Crippen molar-refractivity contribution in [2.75, 3.05) is 12.4 Å². The van der Waals surface area contributed by atoms with Gasteiger partial charge in [-0.2, -0.15) is 0 Å². The van der Waals surface area contributed by atoms with Crippen molar-refractivity contribution >= 4 is 11.6 Å². The molecule has 0 unspecified atom stereocenters. The second kappa shape index (κ2) is 8.36. The lowest BCUT2D eigenvalue weighted by Crippen LogP contribution is -2.40. The fourth-order valence-corrected chi connectivity index (χ4v) is 2.72. The van der Waals surface area contributed by atoms with E-state index in [1.165, 1.54) is 0 Å². The largest absolute Gasteiger partial charge is 0.497 e. The lowest BCUT2D eigenvalue weighted by Gasteiger charge is -2.22. The zero-order valence-electron chi connectivity index (χ0n) is 14.8. The molecule has 134 valence electrons. The average Bonchev–Trinajstić information content (AvgIpc) is 3.21. The summed E-state index contributed by atoms with van der Waals surface area (Å²) in [4.78, 5) is 12.6. The van der Waals surface area contributed by atoms with Crippen LogP contribution in [0, 0.1) is 0 Å². The Bertz CT molecular complexity index is 831. The van der Waals surface area contributed by atoms with Crippen molar-refractivity contribution in [1.29, 1.82) is 0 Å². The molecule has 2 aromatic carbocycles. The van der Waals surface area contributed by atoms with Crippen molar-refractivity contribution in [1.82, 2.24) is 5.32 Å². The molecule has 0 fully saturated rings. The van der Waals surface area contributed by atoms with E-state index in [4.69, 9.17) is 9.15 Å². The number of rotatable bonds is 7. The van der Waals surface area contributed by atoms with E-state index >= 15 is 0 Å². The van der Waals surface area contributed by atoms with Gasteiger partial charge in [0.2, 0.25) is 5.91 Å². The summed E-state index contributed by atoms with van der Waals surface area (Å²) >= 11 is 0. The van der Waals surface area contributed by atoms with Gasteiger partial charge in [0.1, 0.15) is 11.5 Å². The van der Waals surface area contributed by atoms with Crippen LogP contribution in [0.15, 0.2) is 77.4 Å². The van der Waals surface area contributed by atoms with Gasteiger partial charge >= 0.3 is 0 Å². The highest BCUT2D eigenvalue weighted by molar-refractivity contribution is 5.94. The van der Waals surface area contributed by atoms with Crippen LogP contribution in [0.4, 0.5) is 5.69 Å². The Balaban J connectivity index is 1.73. The first kappa shape index (κ1) is 17.8. The standard InChI is InChI=1S/C21H22N2O3/c1-15(21(24)23-17-10-6-11-18(14-17)25-2)22-20(19-12-7-13-26-19)16-8-4-3-5-9-16/h3-15,20,22H,1-2H3,(H,23,24)/t15-,20-/m0/s1. The minimum atomic E-state index is -0.434. The van der Waals surface area contributed by atoms with E-state index < -0.39 is 6.04 Å². The molecular formula is C21H22N2O3. The van der Waals surface area contributed by atoms with Crippen LogP contribution in [0.5, 0.6) is 5.75 Å². The second-order valence-corrected chi connectivity index (χ2v) is 5.97. The highest BCUT2D eigenvalue weighted by atomic mass is 16.5. The minimum Gasteiger partial charge on any atom is -0.497 e. The molecule has 0 bridgehead atoms. The van der Waals surface area contributed by atoms with Gasteiger partial charge in [-0.3, -0.25) is 10.1 Å². The molecule has 0 spiro atoms. The first-order valence-corrected chi connectivity index (χ1v) is 8.46. The van der Waals surface area contributed by atoms with Crippen LogP contribution in [0.25, 0.3) is 0 Å². The molecule has 0 radical (unpaired) electrons. The zero-order valence-corrected chi connectivity index (χ0v) is 14.8. The predicted octanol–water partition coefficient (Wildman–Crippen LogP) is 3.99. The van der Waals surface area contributed by atoms with Crippen molar-refractivity contribution < 1.29 is 13.9 Å². The highest BCUT2D eigenvalue weighted by Crippen LogP contribution is 2.23. The summed E-state index contributed by atoms with van der Waals surface area (Å²) in [5.74, 6) is 1.32. The van der Waals surface area contributed by atoms with Crippen LogP contribution < -0.4 is 15.4 Å². The smallest absolute Gasteiger partial charge is 0.241 e. The van der Waals surface area contributed by atoms with E-state index in [9.17, 15) is 4.79 Å². The molecule has 0 saturated heterocycles. The Morgan fingerprint density at radius 1 is 1.04 bits per heavy atom. The van der Waals surface area contributed by atoms with Gasteiger partial charge in [0.25, 0.3) is 0 Å². The number of methoxy groups -OCH3 is 1. The summed E-state index contributed by atoms with van der Waals surface area (Å²) in [6.45, 7) is 1.83. The number of ether oxygens (including phenoxy) is 1. The molecule has 0 aliphatic carbocycles. The molecule has 0 aliphatic heterocycles. The van der Waals surface area contributed by atoms with Crippen LogP contribution in [0.1, 0.15) is 24.3 Å². The van der Waals surface area contributed by atoms with Gasteiger partial charge in [-0.05, 0) is 36.8 Å². The molecule has 3 rings (SSSR count). The van der Waals surface area contributed by atoms with Crippen molar-refractivity contribution in [3.05, 3.63) is 84.3 Å². The van der Waals surface area contributed by atoms with Gasteiger partial charge in [-0.15, -0.1) is 0 Å². The summed E-state index contributed by atoms with van der Waals surface area (Å²) in [5.41, 5.74) is 1.72. The van der Waals surface area contributed by atoms with E-state index in [0.29, 0.717) is 11.4 Å². The molecule has 0 aliphatic rings. The van der Waals surface area contributed by atoms with Crippen LogP contribution in [0.3, 0.4) is 0 Å². The van der Waals surface area contributed by atoms with Gasteiger partial charge in [-0.25, -0.2) is 0 Å². The van der Waals surface area contributed by atoms with Gasteiger partial charge in [0, 0.05) is 11.8 Å². The molecule has 0 saturated carbocycles. The Morgan fingerprint density at radius 2 is 1.85 bits per heavy atom. The maximum Gasteiger partial charge on any atom is 0.241 e. The topological polar surface area (TPSA) is 63.5 Å². The number of amides is 1. The maximum absolute atomic E-state index is 12.6. The van der Waals surface area contributed by atoms with Crippen molar-refractivity contribution in [3.63, 3.8) is 0 Å². The molecule has 5 nitrogen and oxygen atoms in total. The Hall–Kier alpha value is -3.05. The summed E-state index contributed by atoms with van der Waals surface area (Å²) in [6.07, 6.45) is 1.63. The Kier molecular flexibility index (Phi) is 5.71. The number of carbonyl (C=O) groups is 1. The van der Waals surface area contributed by atoms with Crippen LogP contribution in [0.2, 0.25) is 0 Å². The molecule has 2 N–H and O–H groups in total. The number of nitrogens with one attached hydrogen (secondary N) is 2. The highest BCUT2D eigenvalue weighted by Gasteiger charge is 2.22. The van der Waals surface area contributed by atoms with E-state index in [-0.39, 0.29) is 11.9 Å². The number of carbonyl (C=O) groups excluding carboxylic acids is 1. The molecule has 5 heteroatoms. The monoisotopic (exact) mass is 350 g/mol. The first-order chi connectivity index (χ1) is 12.7. The fraction of sp³-hybridized carbons (Fsp3) is 0.190. The molecule has 2 atom stereocenters. The van der Waals surface area contributed by atoms with Crippen LogP contribution >= 0.6 is 0 Å². The molecule has 1 amide bonds. The summed E-state index contributed by atoms with van der Waals surface area (Å²) in [6, 6.07) is 20.3. The maximum atomic E-state index is 12.6. The molecule has 3 aromatic rings. The van der Waals surface area contributed by atoms with E-state index in [1.54, 1.807) is 19.4 Å². The van der Waals surface area contributed by atoms with Gasteiger partial charge in [0.05, 0.1) is 25.5 Å². The van der Waals surface area contributed by atoms with Crippen LogP contribution in [-0.4, -0.2) is 19.1 Å². The van der Waals surface area contributed by atoms with Crippen molar-refractivity contribution in [2.45, 2.75) is 19.0 Å². The van der Waals surface area contributed by atoms with E-state index in [2.05, 4.69) is 10.6 Å². The SMILES string of the molecule is COc1cccc(NC(=O)[C@H](C)N[C@@H](c2ccccc2)c2ccco2)c1.